The van der Waals surface area contributed by atoms with Crippen molar-refractivity contribution in [2.24, 2.45) is 5.73 Å². The Kier molecular flexibility index (Phi) is 7.94. The van der Waals surface area contributed by atoms with Crippen molar-refractivity contribution in [1.29, 1.82) is 0 Å². The maximum atomic E-state index is 12.9. The van der Waals surface area contributed by atoms with Crippen LogP contribution in [-0.4, -0.2) is 41.1 Å². The SMILES string of the molecule is CC(C)(C)OC(=O)C1=C(N)C(CC(=O)OCc2ccccc2)N(C(=O)OCc2ccccc2)C1. The van der Waals surface area contributed by atoms with Crippen molar-refractivity contribution in [3.8, 4) is 0 Å². The van der Waals surface area contributed by atoms with Gasteiger partial charge in [0.2, 0.25) is 0 Å². The molecule has 1 aliphatic heterocycles. The predicted molar refractivity (Wildman–Crippen MR) is 125 cm³/mol. The number of carbonyl (C=O) groups is 3. The molecule has 0 spiro atoms. The van der Waals surface area contributed by atoms with Crippen LogP contribution in [0.2, 0.25) is 0 Å². The van der Waals surface area contributed by atoms with Crippen LogP contribution in [-0.2, 0) is 37.0 Å². The van der Waals surface area contributed by atoms with E-state index in [9.17, 15) is 14.4 Å². The monoisotopic (exact) mass is 466 g/mol. The molecule has 3 rings (SSSR count). The molecule has 1 amide bonds. The van der Waals surface area contributed by atoms with E-state index in [2.05, 4.69) is 0 Å². The zero-order valence-electron chi connectivity index (χ0n) is 19.7. The van der Waals surface area contributed by atoms with Gasteiger partial charge in [0, 0.05) is 5.70 Å². The first-order valence-corrected chi connectivity index (χ1v) is 11.0. The van der Waals surface area contributed by atoms with Gasteiger partial charge in [-0.05, 0) is 31.9 Å². The fourth-order valence-electron chi connectivity index (χ4n) is 3.43. The van der Waals surface area contributed by atoms with Crippen LogP contribution in [0.4, 0.5) is 4.79 Å². The smallest absolute Gasteiger partial charge is 0.410 e. The van der Waals surface area contributed by atoms with E-state index in [1.54, 1.807) is 20.8 Å². The fraction of sp³-hybridized carbons (Fsp3) is 0.346. The fourth-order valence-corrected chi connectivity index (χ4v) is 3.43. The molecule has 34 heavy (non-hydrogen) atoms. The molecular formula is C26H30N2O6. The van der Waals surface area contributed by atoms with Crippen LogP contribution >= 0.6 is 0 Å². The summed E-state index contributed by atoms with van der Waals surface area (Å²) in [5.74, 6) is -1.19. The number of carbonyl (C=O) groups excluding carboxylic acids is 3. The largest absolute Gasteiger partial charge is 0.461 e. The molecule has 0 aromatic heterocycles. The lowest BCUT2D eigenvalue weighted by molar-refractivity contribution is -0.150. The summed E-state index contributed by atoms with van der Waals surface area (Å²) in [5, 5.41) is 0. The van der Waals surface area contributed by atoms with Gasteiger partial charge in [0.25, 0.3) is 0 Å². The second-order valence-electron chi connectivity index (χ2n) is 8.97. The standard InChI is InChI=1S/C26H30N2O6/c1-26(2,3)34-24(30)20-15-28(25(31)33-17-19-12-8-5-9-13-19)21(23(20)27)14-22(29)32-16-18-10-6-4-7-11-18/h4-13,21H,14-17,27H2,1-3H3. The lowest BCUT2D eigenvalue weighted by atomic mass is 10.1. The maximum absolute atomic E-state index is 12.9. The van der Waals surface area contributed by atoms with Gasteiger partial charge in [-0.2, -0.15) is 0 Å². The Bertz CT molecular complexity index is 1040. The molecule has 8 heteroatoms. The van der Waals surface area contributed by atoms with E-state index in [4.69, 9.17) is 19.9 Å². The van der Waals surface area contributed by atoms with Gasteiger partial charge in [-0.1, -0.05) is 60.7 Å². The van der Waals surface area contributed by atoms with Crippen molar-refractivity contribution in [1.82, 2.24) is 4.90 Å². The van der Waals surface area contributed by atoms with Crippen molar-refractivity contribution in [2.45, 2.75) is 52.0 Å². The first-order valence-electron chi connectivity index (χ1n) is 11.0. The number of nitrogens with zero attached hydrogens (tertiary/aromatic N) is 1. The van der Waals surface area contributed by atoms with E-state index in [1.807, 2.05) is 60.7 Å². The third-order valence-corrected chi connectivity index (χ3v) is 5.10. The molecule has 0 radical (unpaired) electrons. The Hall–Kier alpha value is -3.81. The molecule has 0 saturated heterocycles. The average Bonchev–Trinajstić information content (AvgIpc) is 3.12. The van der Waals surface area contributed by atoms with Gasteiger partial charge in [0.05, 0.1) is 24.6 Å². The first-order chi connectivity index (χ1) is 16.1. The minimum absolute atomic E-state index is 0.0447. The number of rotatable bonds is 7. The summed E-state index contributed by atoms with van der Waals surface area (Å²) in [4.78, 5) is 39.5. The molecule has 2 N–H and O–H groups in total. The molecule has 0 aliphatic carbocycles. The van der Waals surface area contributed by atoms with E-state index in [0.29, 0.717) is 0 Å². The quantitative estimate of drug-likeness (QED) is 0.490. The summed E-state index contributed by atoms with van der Waals surface area (Å²) in [6, 6.07) is 17.5. The number of amides is 1. The lowest BCUT2D eigenvalue weighted by Crippen LogP contribution is -2.41. The Morgan fingerprint density at radius 3 is 1.97 bits per heavy atom. The molecule has 2 aromatic rings. The van der Waals surface area contributed by atoms with Crippen LogP contribution in [0, 0.1) is 0 Å². The Labute approximate surface area is 199 Å². The highest BCUT2D eigenvalue weighted by atomic mass is 16.6. The second kappa shape index (κ2) is 10.9. The number of benzene rings is 2. The zero-order valence-corrected chi connectivity index (χ0v) is 19.7. The molecule has 1 aliphatic rings. The molecular weight excluding hydrogens is 436 g/mol. The normalized spacial score (nSPS) is 15.7. The number of ether oxygens (including phenoxy) is 3. The highest BCUT2D eigenvalue weighted by molar-refractivity contribution is 5.92. The van der Waals surface area contributed by atoms with Crippen LogP contribution in [0.5, 0.6) is 0 Å². The summed E-state index contributed by atoms with van der Waals surface area (Å²) in [5.41, 5.74) is 7.39. The van der Waals surface area contributed by atoms with Crippen molar-refractivity contribution >= 4 is 18.0 Å². The molecule has 2 aromatic carbocycles. The van der Waals surface area contributed by atoms with Gasteiger partial charge >= 0.3 is 18.0 Å². The van der Waals surface area contributed by atoms with Crippen LogP contribution in [0.1, 0.15) is 38.3 Å². The lowest BCUT2D eigenvalue weighted by Gasteiger charge is -2.24. The summed E-state index contributed by atoms with van der Waals surface area (Å²) in [7, 11) is 0. The minimum atomic E-state index is -0.880. The first kappa shape index (κ1) is 24.8. The average molecular weight is 467 g/mol. The molecule has 0 fully saturated rings. The van der Waals surface area contributed by atoms with Crippen LogP contribution in [0.3, 0.4) is 0 Å². The number of hydrogen-bond donors (Lipinski definition) is 1. The highest BCUT2D eigenvalue weighted by Crippen LogP contribution is 2.27. The second-order valence-corrected chi connectivity index (χ2v) is 8.97. The van der Waals surface area contributed by atoms with Crippen molar-refractivity contribution in [3.05, 3.63) is 83.1 Å². The van der Waals surface area contributed by atoms with E-state index < -0.39 is 29.7 Å². The maximum Gasteiger partial charge on any atom is 0.410 e. The third-order valence-electron chi connectivity index (χ3n) is 5.10. The molecule has 180 valence electrons. The molecule has 0 saturated carbocycles. The Balaban J connectivity index is 1.72. The van der Waals surface area contributed by atoms with Crippen molar-refractivity contribution in [3.63, 3.8) is 0 Å². The third kappa shape index (κ3) is 6.84. The van der Waals surface area contributed by atoms with Crippen molar-refractivity contribution < 1.29 is 28.6 Å². The van der Waals surface area contributed by atoms with E-state index >= 15 is 0 Å². The van der Waals surface area contributed by atoms with E-state index in [-0.39, 0.29) is 37.4 Å². The molecule has 8 nitrogen and oxygen atoms in total. The van der Waals surface area contributed by atoms with Crippen molar-refractivity contribution in [2.75, 3.05) is 6.54 Å². The van der Waals surface area contributed by atoms with Gasteiger partial charge in [-0.3, -0.25) is 9.69 Å². The molecule has 1 heterocycles. The number of nitrogens with two attached hydrogens (primary N) is 1. The predicted octanol–water partition coefficient (Wildman–Crippen LogP) is 3.70. The number of hydrogen-bond acceptors (Lipinski definition) is 7. The molecule has 1 unspecified atom stereocenters. The van der Waals surface area contributed by atoms with Crippen LogP contribution in [0.25, 0.3) is 0 Å². The summed E-state index contributed by atoms with van der Waals surface area (Å²) in [6.45, 7) is 5.23. The van der Waals surface area contributed by atoms with Crippen LogP contribution in [0.15, 0.2) is 71.9 Å². The van der Waals surface area contributed by atoms with Gasteiger partial charge in [-0.25, -0.2) is 9.59 Å². The Morgan fingerprint density at radius 1 is 0.912 bits per heavy atom. The summed E-state index contributed by atoms with van der Waals surface area (Å²) >= 11 is 0. The highest BCUT2D eigenvalue weighted by Gasteiger charge is 2.41. The molecule has 0 bridgehead atoms. The minimum Gasteiger partial charge on any atom is -0.461 e. The summed E-state index contributed by atoms with van der Waals surface area (Å²) in [6.07, 6.45) is -0.906. The van der Waals surface area contributed by atoms with Gasteiger partial charge in [-0.15, -0.1) is 0 Å². The number of esters is 2. The van der Waals surface area contributed by atoms with Gasteiger partial charge in [0.15, 0.2) is 0 Å². The molecule has 1 atom stereocenters. The topological polar surface area (TPSA) is 108 Å². The Morgan fingerprint density at radius 2 is 1.44 bits per heavy atom. The summed E-state index contributed by atoms with van der Waals surface area (Å²) < 4.78 is 16.2. The van der Waals surface area contributed by atoms with Crippen LogP contribution < -0.4 is 5.73 Å². The van der Waals surface area contributed by atoms with E-state index in [1.165, 1.54) is 4.90 Å². The van der Waals surface area contributed by atoms with Gasteiger partial charge < -0.3 is 19.9 Å². The zero-order chi connectivity index (χ0) is 24.7. The van der Waals surface area contributed by atoms with E-state index in [0.717, 1.165) is 11.1 Å². The van der Waals surface area contributed by atoms with Gasteiger partial charge in [0.1, 0.15) is 18.8 Å².